The maximum absolute atomic E-state index is 11.7. The van der Waals surface area contributed by atoms with Crippen LogP contribution in [0.1, 0.15) is 18.4 Å². The molecule has 1 aromatic rings. The predicted octanol–water partition coefficient (Wildman–Crippen LogP) is 1.32. The molecular formula is C15H17N3O2. The van der Waals surface area contributed by atoms with Crippen molar-refractivity contribution < 1.29 is 9.59 Å². The maximum Gasteiger partial charge on any atom is 0.315 e. The Morgan fingerprint density at radius 3 is 2.80 bits per heavy atom. The molecule has 1 saturated carbocycles. The van der Waals surface area contributed by atoms with E-state index in [1.807, 2.05) is 0 Å². The zero-order chi connectivity index (χ0) is 14.4. The summed E-state index contributed by atoms with van der Waals surface area (Å²) in [7, 11) is 0. The van der Waals surface area contributed by atoms with Crippen LogP contribution in [0.3, 0.4) is 0 Å². The van der Waals surface area contributed by atoms with Crippen LogP contribution in [0.25, 0.3) is 0 Å². The zero-order valence-electron chi connectivity index (χ0n) is 11.1. The van der Waals surface area contributed by atoms with E-state index < -0.39 is 0 Å². The van der Waals surface area contributed by atoms with Crippen LogP contribution in [-0.2, 0) is 4.79 Å². The van der Waals surface area contributed by atoms with E-state index in [1.165, 1.54) is 12.8 Å². The summed E-state index contributed by atoms with van der Waals surface area (Å²) in [6, 6.07) is 6.67. The van der Waals surface area contributed by atoms with Gasteiger partial charge in [0.05, 0.1) is 6.54 Å². The fourth-order valence-electron chi connectivity index (χ4n) is 1.67. The molecule has 0 unspecified atom stereocenters. The first-order chi connectivity index (χ1) is 9.67. The van der Waals surface area contributed by atoms with Crippen LogP contribution in [0.2, 0.25) is 0 Å². The van der Waals surface area contributed by atoms with Gasteiger partial charge in [0.1, 0.15) is 0 Å². The molecule has 104 valence electrons. The van der Waals surface area contributed by atoms with Gasteiger partial charge in [-0.15, -0.1) is 6.42 Å². The second kappa shape index (κ2) is 6.62. The Morgan fingerprint density at radius 2 is 2.10 bits per heavy atom. The number of rotatable bonds is 5. The molecule has 2 rings (SSSR count). The quantitative estimate of drug-likeness (QED) is 0.707. The van der Waals surface area contributed by atoms with Gasteiger partial charge in [0.2, 0.25) is 5.91 Å². The average molecular weight is 271 g/mol. The van der Waals surface area contributed by atoms with Crippen molar-refractivity contribution in [3.8, 4) is 12.3 Å². The van der Waals surface area contributed by atoms with Crippen molar-refractivity contribution in [2.75, 3.05) is 18.4 Å². The van der Waals surface area contributed by atoms with Crippen LogP contribution in [0, 0.1) is 18.3 Å². The summed E-state index contributed by atoms with van der Waals surface area (Å²) in [6.45, 7) is 0.606. The van der Waals surface area contributed by atoms with Gasteiger partial charge in [-0.05, 0) is 37.0 Å². The molecule has 0 aliphatic heterocycles. The normalized spacial score (nSPS) is 13.2. The largest absolute Gasteiger partial charge is 0.338 e. The minimum Gasteiger partial charge on any atom is -0.338 e. The van der Waals surface area contributed by atoms with Gasteiger partial charge in [-0.3, -0.25) is 4.79 Å². The van der Waals surface area contributed by atoms with E-state index in [4.69, 9.17) is 6.42 Å². The SMILES string of the molecule is C#Cc1cccc(NC(=O)CNC(=O)NCC2CC2)c1. The third-order valence-electron chi connectivity index (χ3n) is 2.97. The molecule has 0 bridgehead atoms. The van der Waals surface area contributed by atoms with E-state index in [1.54, 1.807) is 24.3 Å². The number of hydrogen-bond donors (Lipinski definition) is 3. The van der Waals surface area contributed by atoms with Crippen LogP contribution in [-0.4, -0.2) is 25.0 Å². The summed E-state index contributed by atoms with van der Waals surface area (Å²) >= 11 is 0. The lowest BCUT2D eigenvalue weighted by atomic mass is 10.2. The van der Waals surface area contributed by atoms with E-state index in [-0.39, 0.29) is 18.5 Å². The summed E-state index contributed by atoms with van der Waals surface area (Å²) in [5.74, 6) is 2.81. The zero-order valence-corrected chi connectivity index (χ0v) is 11.1. The van der Waals surface area contributed by atoms with Crippen molar-refractivity contribution in [1.82, 2.24) is 10.6 Å². The van der Waals surface area contributed by atoms with Gasteiger partial charge < -0.3 is 16.0 Å². The molecule has 1 aliphatic rings. The van der Waals surface area contributed by atoms with Crippen molar-refractivity contribution in [3.63, 3.8) is 0 Å². The standard InChI is InChI=1S/C15H17N3O2/c1-2-11-4-3-5-13(8-11)18-14(19)10-17-15(20)16-9-12-6-7-12/h1,3-5,8,12H,6-7,9-10H2,(H,18,19)(H2,16,17,20). The van der Waals surface area contributed by atoms with Crippen molar-refractivity contribution in [3.05, 3.63) is 29.8 Å². The summed E-state index contributed by atoms with van der Waals surface area (Å²) in [5, 5.41) is 7.91. The van der Waals surface area contributed by atoms with Crippen molar-refractivity contribution in [2.24, 2.45) is 5.92 Å². The molecular weight excluding hydrogens is 254 g/mol. The van der Waals surface area contributed by atoms with Gasteiger partial charge in [0, 0.05) is 17.8 Å². The molecule has 3 amide bonds. The van der Waals surface area contributed by atoms with Gasteiger partial charge in [0.25, 0.3) is 0 Å². The fraction of sp³-hybridized carbons (Fsp3) is 0.333. The Hall–Kier alpha value is -2.48. The van der Waals surface area contributed by atoms with E-state index in [9.17, 15) is 9.59 Å². The number of carbonyl (C=O) groups excluding carboxylic acids is 2. The molecule has 1 aliphatic carbocycles. The van der Waals surface area contributed by atoms with Crippen molar-refractivity contribution >= 4 is 17.6 Å². The topological polar surface area (TPSA) is 70.2 Å². The average Bonchev–Trinajstić information content (AvgIpc) is 3.27. The Bertz CT molecular complexity index is 544. The molecule has 5 nitrogen and oxygen atoms in total. The fourth-order valence-corrected chi connectivity index (χ4v) is 1.67. The lowest BCUT2D eigenvalue weighted by Crippen LogP contribution is -2.40. The van der Waals surface area contributed by atoms with Crippen molar-refractivity contribution in [2.45, 2.75) is 12.8 Å². The third-order valence-corrected chi connectivity index (χ3v) is 2.97. The molecule has 3 N–H and O–H groups in total. The number of anilines is 1. The maximum atomic E-state index is 11.7. The summed E-state index contributed by atoms with van der Waals surface area (Å²) in [6.07, 6.45) is 7.63. The highest BCUT2D eigenvalue weighted by Gasteiger charge is 2.21. The molecule has 0 atom stereocenters. The second-order valence-corrected chi connectivity index (χ2v) is 4.78. The van der Waals surface area contributed by atoms with E-state index in [0.717, 1.165) is 0 Å². The van der Waals surface area contributed by atoms with Crippen LogP contribution in [0.15, 0.2) is 24.3 Å². The molecule has 0 aromatic heterocycles. The number of nitrogens with one attached hydrogen (secondary N) is 3. The number of amides is 3. The smallest absolute Gasteiger partial charge is 0.315 e. The molecule has 1 fully saturated rings. The second-order valence-electron chi connectivity index (χ2n) is 4.78. The van der Waals surface area contributed by atoms with Crippen LogP contribution < -0.4 is 16.0 Å². The predicted molar refractivity (Wildman–Crippen MR) is 77.1 cm³/mol. The molecule has 1 aromatic carbocycles. The first-order valence-corrected chi connectivity index (χ1v) is 6.55. The molecule has 20 heavy (non-hydrogen) atoms. The minimum absolute atomic E-state index is 0.0726. The first kappa shape index (κ1) is 13.9. The van der Waals surface area contributed by atoms with Crippen LogP contribution >= 0.6 is 0 Å². The van der Waals surface area contributed by atoms with E-state index >= 15 is 0 Å². The Morgan fingerprint density at radius 1 is 1.30 bits per heavy atom. The lowest BCUT2D eigenvalue weighted by molar-refractivity contribution is -0.115. The molecule has 0 saturated heterocycles. The van der Waals surface area contributed by atoms with Gasteiger partial charge in [-0.25, -0.2) is 4.79 Å². The molecule has 0 radical (unpaired) electrons. The number of terminal acetylenes is 1. The molecule has 0 heterocycles. The summed E-state index contributed by atoms with van der Waals surface area (Å²) < 4.78 is 0. The van der Waals surface area contributed by atoms with Crippen LogP contribution in [0.4, 0.5) is 10.5 Å². The number of urea groups is 1. The molecule has 0 spiro atoms. The van der Waals surface area contributed by atoms with Crippen molar-refractivity contribution in [1.29, 1.82) is 0 Å². The Kier molecular flexibility index (Phi) is 4.61. The summed E-state index contributed by atoms with van der Waals surface area (Å²) in [5.41, 5.74) is 1.31. The highest BCUT2D eigenvalue weighted by Crippen LogP contribution is 2.27. The number of benzene rings is 1. The van der Waals surface area contributed by atoms with E-state index in [0.29, 0.717) is 23.7 Å². The van der Waals surface area contributed by atoms with E-state index in [2.05, 4.69) is 21.9 Å². The monoisotopic (exact) mass is 271 g/mol. The lowest BCUT2D eigenvalue weighted by Gasteiger charge is -2.08. The third kappa shape index (κ3) is 4.65. The number of hydrogen-bond acceptors (Lipinski definition) is 2. The first-order valence-electron chi connectivity index (χ1n) is 6.55. The highest BCUT2D eigenvalue weighted by atomic mass is 16.2. The minimum atomic E-state index is -0.315. The van der Waals surface area contributed by atoms with Crippen LogP contribution in [0.5, 0.6) is 0 Å². The van der Waals surface area contributed by atoms with Gasteiger partial charge in [0.15, 0.2) is 0 Å². The Balaban J connectivity index is 1.71. The van der Waals surface area contributed by atoms with Gasteiger partial charge >= 0.3 is 6.03 Å². The highest BCUT2D eigenvalue weighted by molar-refractivity contribution is 5.94. The number of carbonyl (C=O) groups is 2. The summed E-state index contributed by atoms with van der Waals surface area (Å²) in [4.78, 5) is 23.1. The van der Waals surface area contributed by atoms with Gasteiger partial charge in [-0.2, -0.15) is 0 Å². The van der Waals surface area contributed by atoms with Gasteiger partial charge in [-0.1, -0.05) is 12.0 Å². The Labute approximate surface area is 118 Å². The molecule has 5 heteroatoms.